The topological polar surface area (TPSA) is 54.9 Å². The standard InChI is InChI=1S/C12H6BrCl2F3N2O2/c13-10-6(14)1-5(2-7(10)15)4-20-9(21)3-8(12(16,17)18)19-11(20)22/h1-3H,4H2,(H,19,22). The number of aromatic amines is 1. The first-order valence-electron chi connectivity index (χ1n) is 5.64. The van der Waals surface area contributed by atoms with Gasteiger partial charge in [-0.3, -0.25) is 9.36 Å². The van der Waals surface area contributed by atoms with Crippen molar-refractivity contribution in [1.29, 1.82) is 0 Å². The highest BCUT2D eigenvalue weighted by Crippen LogP contribution is 2.31. The van der Waals surface area contributed by atoms with Crippen molar-refractivity contribution in [2.24, 2.45) is 0 Å². The average molecular weight is 418 g/mol. The number of H-pyrrole nitrogens is 1. The van der Waals surface area contributed by atoms with Crippen LogP contribution < -0.4 is 11.2 Å². The Labute approximate surface area is 139 Å². The van der Waals surface area contributed by atoms with Crippen LogP contribution in [0.2, 0.25) is 10.0 Å². The Morgan fingerprint density at radius 2 is 1.68 bits per heavy atom. The zero-order valence-corrected chi connectivity index (χ0v) is 13.6. The summed E-state index contributed by atoms with van der Waals surface area (Å²) in [7, 11) is 0. The molecular weight excluding hydrogens is 412 g/mol. The minimum absolute atomic E-state index is 0.249. The third-order valence-electron chi connectivity index (χ3n) is 2.71. The van der Waals surface area contributed by atoms with Gasteiger partial charge < -0.3 is 4.98 Å². The Balaban J connectivity index is 2.48. The van der Waals surface area contributed by atoms with E-state index >= 15 is 0 Å². The number of alkyl halides is 3. The maximum atomic E-state index is 12.5. The van der Waals surface area contributed by atoms with Crippen molar-refractivity contribution in [3.63, 3.8) is 0 Å². The highest BCUT2D eigenvalue weighted by molar-refractivity contribution is 9.10. The minimum atomic E-state index is -4.80. The Morgan fingerprint density at radius 1 is 1.14 bits per heavy atom. The fourth-order valence-corrected chi connectivity index (χ4v) is 2.47. The molecule has 4 nitrogen and oxygen atoms in total. The van der Waals surface area contributed by atoms with Crippen molar-refractivity contribution < 1.29 is 13.2 Å². The number of hydrogen-bond acceptors (Lipinski definition) is 2. The fourth-order valence-electron chi connectivity index (χ4n) is 1.70. The average Bonchev–Trinajstić information content (AvgIpc) is 2.38. The van der Waals surface area contributed by atoms with Crippen LogP contribution in [0.25, 0.3) is 0 Å². The van der Waals surface area contributed by atoms with Crippen LogP contribution in [-0.2, 0) is 12.7 Å². The second-order valence-corrected chi connectivity index (χ2v) is 5.89. The maximum absolute atomic E-state index is 12.5. The lowest BCUT2D eigenvalue weighted by atomic mass is 10.2. The van der Waals surface area contributed by atoms with Crippen molar-refractivity contribution >= 4 is 39.1 Å². The van der Waals surface area contributed by atoms with Crippen molar-refractivity contribution in [3.8, 4) is 0 Å². The molecule has 0 aliphatic heterocycles. The Hall–Kier alpha value is -1.25. The van der Waals surface area contributed by atoms with E-state index in [9.17, 15) is 22.8 Å². The van der Waals surface area contributed by atoms with E-state index in [0.717, 1.165) is 0 Å². The lowest BCUT2D eigenvalue weighted by molar-refractivity contribution is -0.141. The molecule has 0 aliphatic carbocycles. The van der Waals surface area contributed by atoms with Gasteiger partial charge in [0.05, 0.1) is 21.1 Å². The summed E-state index contributed by atoms with van der Waals surface area (Å²) in [6.45, 7) is -0.265. The van der Waals surface area contributed by atoms with E-state index in [4.69, 9.17) is 23.2 Å². The predicted molar refractivity (Wildman–Crippen MR) is 79.6 cm³/mol. The summed E-state index contributed by atoms with van der Waals surface area (Å²) in [6, 6.07) is 3.21. The Kier molecular flexibility index (Phi) is 4.74. The summed E-state index contributed by atoms with van der Waals surface area (Å²) in [5, 5.41) is 0.498. The van der Waals surface area contributed by atoms with Crippen LogP contribution in [0.3, 0.4) is 0 Å². The number of nitrogens with one attached hydrogen (secondary N) is 1. The van der Waals surface area contributed by atoms with Crippen molar-refractivity contribution in [3.05, 3.63) is 64.8 Å². The van der Waals surface area contributed by atoms with Crippen LogP contribution in [0.15, 0.2) is 32.3 Å². The van der Waals surface area contributed by atoms with Gasteiger partial charge in [-0.1, -0.05) is 23.2 Å². The first-order chi connectivity index (χ1) is 10.1. The quantitative estimate of drug-likeness (QED) is 0.758. The Bertz CT molecular complexity index is 791. The molecule has 0 aliphatic rings. The van der Waals surface area contributed by atoms with Gasteiger partial charge in [-0.15, -0.1) is 0 Å². The van der Waals surface area contributed by atoms with Crippen LogP contribution in [0.4, 0.5) is 13.2 Å². The second-order valence-electron chi connectivity index (χ2n) is 4.28. The van der Waals surface area contributed by atoms with E-state index in [2.05, 4.69) is 15.9 Å². The number of aromatic nitrogens is 2. The first kappa shape index (κ1) is 17.1. The smallest absolute Gasteiger partial charge is 0.303 e. The summed E-state index contributed by atoms with van der Waals surface area (Å²) >= 11 is 14.9. The molecule has 118 valence electrons. The van der Waals surface area contributed by atoms with E-state index in [-0.39, 0.29) is 16.6 Å². The molecule has 1 N–H and O–H groups in total. The molecule has 0 spiro atoms. The van der Waals surface area contributed by atoms with Gasteiger partial charge in [0.25, 0.3) is 5.56 Å². The summed E-state index contributed by atoms with van der Waals surface area (Å²) in [4.78, 5) is 25.0. The summed E-state index contributed by atoms with van der Waals surface area (Å²) < 4.78 is 38.5. The van der Waals surface area contributed by atoms with Gasteiger partial charge in [0, 0.05) is 6.07 Å². The second kappa shape index (κ2) is 6.10. The van der Waals surface area contributed by atoms with Crippen LogP contribution >= 0.6 is 39.1 Å². The lowest BCUT2D eigenvalue weighted by Crippen LogP contribution is -2.37. The van der Waals surface area contributed by atoms with E-state index in [0.29, 0.717) is 20.7 Å². The van der Waals surface area contributed by atoms with Crippen molar-refractivity contribution in [2.45, 2.75) is 12.7 Å². The highest BCUT2D eigenvalue weighted by Gasteiger charge is 2.32. The number of hydrogen-bond donors (Lipinski definition) is 1. The normalized spacial score (nSPS) is 11.7. The van der Waals surface area contributed by atoms with Gasteiger partial charge in [0.1, 0.15) is 5.69 Å². The summed E-state index contributed by atoms with van der Waals surface area (Å²) in [5.74, 6) is 0. The van der Waals surface area contributed by atoms with Gasteiger partial charge in [-0.2, -0.15) is 13.2 Å². The monoisotopic (exact) mass is 416 g/mol. The highest BCUT2D eigenvalue weighted by atomic mass is 79.9. The van der Waals surface area contributed by atoms with Gasteiger partial charge in [-0.05, 0) is 33.6 Å². The zero-order chi connectivity index (χ0) is 16.7. The van der Waals surface area contributed by atoms with Crippen LogP contribution in [0, 0.1) is 0 Å². The summed E-state index contributed by atoms with van der Waals surface area (Å²) in [5.41, 5.74) is -3.25. The van der Waals surface area contributed by atoms with Crippen molar-refractivity contribution in [2.75, 3.05) is 0 Å². The molecular formula is C12H6BrCl2F3N2O2. The zero-order valence-electron chi connectivity index (χ0n) is 10.5. The molecule has 22 heavy (non-hydrogen) atoms. The maximum Gasteiger partial charge on any atom is 0.431 e. The van der Waals surface area contributed by atoms with Gasteiger partial charge in [0.15, 0.2) is 0 Å². The molecule has 0 saturated carbocycles. The number of benzene rings is 1. The fraction of sp³-hybridized carbons (Fsp3) is 0.167. The van der Waals surface area contributed by atoms with Crippen LogP contribution in [-0.4, -0.2) is 9.55 Å². The van der Waals surface area contributed by atoms with Gasteiger partial charge in [0.2, 0.25) is 0 Å². The number of rotatable bonds is 2. The molecule has 0 bridgehead atoms. The molecule has 2 aromatic rings. The number of nitrogens with zero attached hydrogens (tertiary/aromatic N) is 1. The third-order valence-corrected chi connectivity index (χ3v) is 4.62. The molecule has 0 radical (unpaired) electrons. The largest absolute Gasteiger partial charge is 0.431 e. The summed E-state index contributed by atoms with van der Waals surface area (Å²) in [6.07, 6.45) is -4.80. The molecule has 1 aromatic heterocycles. The molecule has 0 saturated heterocycles. The van der Waals surface area contributed by atoms with E-state index in [1.165, 1.54) is 12.1 Å². The predicted octanol–water partition coefficient (Wildman–Crippen LogP) is 3.67. The molecule has 0 atom stereocenters. The molecule has 1 aromatic carbocycles. The Morgan fingerprint density at radius 3 is 2.14 bits per heavy atom. The molecule has 1 heterocycles. The van der Waals surface area contributed by atoms with E-state index in [1.54, 1.807) is 4.98 Å². The molecule has 2 rings (SSSR count). The molecule has 0 unspecified atom stereocenters. The van der Waals surface area contributed by atoms with Crippen LogP contribution in [0.5, 0.6) is 0 Å². The molecule has 0 fully saturated rings. The van der Waals surface area contributed by atoms with Gasteiger partial charge in [-0.25, -0.2) is 4.79 Å². The van der Waals surface area contributed by atoms with E-state index in [1.807, 2.05) is 0 Å². The number of halogens is 6. The van der Waals surface area contributed by atoms with Crippen molar-refractivity contribution in [1.82, 2.24) is 9.55 Å². The first-order valence-corrected chi connectivity index (χ1v) is 7.19. The van der Waals surface area contributed by atoms with Gasteiger partial charge >= 0.3 is 11.9 Å². The van der Waals surface area contributed by atoms with E-state index < -0.39 is 23.1 Å². The molecule has 0 amide bonds. The SMILES string of the molecule is O=c1cc(C(F)(F)F)[nH]c(=O)n1Cc1cc(Cl)c(Br)c(Cl)c1. The third kappa shape index (κ3) is 3.56. The lowest BCUT2D eigenvalue weighted by Gasteiger charge is -2.10. The van der Waals surface area contributed by atoms with Crippen LogP contribution in [0.1, 0.15) is 11.3 Å². The molecule has 10 heteroatoms. The minimum Gasteiger partial charge on any atom is -0.303 e.